The summed E-state index contributed by atoms with van der Waals surface area (Å²) in [5, 5.41) is 12.5. The van der Waals surface area contributed by atoms with Gasteiger partial charge in [0, 0.05) is 12.3 Å². The number of hydrogen-bond acceptors (Lipinski definition) is 3. The van der Waals surface area contributed by atoms with Gasteiger partial charge in [0.2, 0.25) is 0 Å². The minimum Gasteiger partial charge on any atom is -0.502 e. The molecule has 0 spiro atoms. The van der Waals surface area contributed by atoms with Gasteiger partial charge in [-0.25, -0.2) is 0 Å². The first kappa shape index (κ1) is 9.67. The second kappa shape index (κ2) is 4.57. The maximum atomic E-state index is 7.79. The molecule has 1 N–H and O–H groups in total. The molecule has 0 radical (unpaired) electrons. The Bertz CT molecular complexity index is 363. The molecule has 0 aliphatic carbocycles. The molecule has 68 valence electrons. The monoisotopic (exact) mass is 195 g/mol. The summed E-state index contributed by atoms with van der Waals surface area (Å²) in [6.07, 6.45) is 1.70. The van der Waals surface area contributed by atoms with Crippen LogP contribution in [0.3, 0.4) is 0 Å². The number of aromatic nitrogens is 1. The quantitative estimate of drug-likeness (QED) is 0.656. The van der Waals surface area contributed by atoms with Crippen molar-refractivity contribution >= 4 is 28.2 Å². The highest BCUT2D eigenvalue weighted by Crippen LogP contribution is 2.10. The molecule has 1 aromatic carbocycles. The Labute approximate surface area is 81.0 Å². The molecule has 2 rings (SSSR count). The molecular formula is C9H9NO2S. The summed E-state index contributed by atoms with van der Waals surface area (Å²) in [6, 6.07) is 7.74. The van der Waals surface area contributed by atoms with E-state index in [1.54, 1.807) is 6.20 Å². The Kier molecular flexibility index (Phi) is 3.40. The average molecular weight is 195 g/mol. The zero-order valence-corrected chi connectivity index (χ0v) is 7.91. The molecule has 0 atom stereocenters. The van der Waals surface area contributed by atoms with Gasteiger partial charge in [-0.2, -0.15) is 0 Å². The molecule has 1 heterocycles. The second-order valence-electron chi connectivity index (χ2n) is 2.38. The summed E-state index contributed by atoms with van der Waals surface area (Å²) in [5.41, 5.74) is 0.845. The summed E-state index contributed by atoms with van der Waals surface area (Å²) in [6.45, 7) is 1.45. The minimum atomic E-state index is 0.000000000000000222. The van der Waals surface area contributed by atoms with E-state index in [0.717, 1.165) is 11.0 Å². The molecule has 0 saturated heterocycles. The van der Waals surface area contributed by atoms with E-state index in [4.69, 9.17) is 9.63 Å². The Balaban J connectivity index is 0.000000184. The maximum Gasteiger partial charge on any atom is 0.166 e. The van der Waals surface area contributed by atoms with E-state index >= 15 is 0 Å². The van der Waals surface area contributed by atoms with Crippen LogP contribution in [0, 0.1) is 0 Å². The molecule has 0 saturated carbocycles. The molecule has 13 heavy (non-hydrogen) atoms. The first-order valence-electron chi connectivity index (χ1n) is 3.69. The van der Waals surface area contributed by atoms with Crippen molar-refractivity contribution in [1.29, 1.82) is 0 Å². The zero-order chi connectivity index (χ0) is 9.68. The summed E-state index contributed by atoms with van der Waals surface area (Å²) in [4.78, 5) is 0. The number of nitrogens with zero attached hydrogens (tertiary/aromatic N) is 1. The fourth-order valence-electron chi connectivity index (χ4n) is 0.810. The Hall–Kier alpha value is -1.42. The molecule has 4 heteroatoms. The summed E-state index contributed by atoms with van der Waals surface area (Å²) in [7, 11) is 0. The third kappa shape index (κ3) is 3.21. The van der Waals surface area contributed by atoms with E-state index < -0.39 is 0 Å². The van der Waals surface area contributed by atoms with Crippen molar-refractivity contribution in [3.63, 3.8) is 0 Å². The van der Waals surface area contributed by atoms with Gasteiger partial charge in [0.15, 0.2) is 10.6 Å². The number of hydrogen-bond donors (Lipinski definition) is 1. The first-order chi connectivity index (χ1) is 6.20. The number of aliphatic hydroxyl groups is 1. The standard InChI is InChI=1S/C7H5NO.C2H4OS/c1-2-4-7-6(3-1)5-8-9-7;1-2(3)4/h1-5H;1H3,(H,3,4). The second-order valence-corrected chi connectivity index (χ2v) is 2.97. The van der Waals surface area contributed by atoms with Crippen LogP contribution >= 0.6 is 12.2 Å². The number of fused-ring (bicyclic) bond motifs is 1. The van der Waals surface area contributed by atoms with Gasteiger partial charge >= 0.3 is 0 Å². The normalized spacial score (nSPS) is 9.00. The van der Waals surface area contributed by atoms with Crippen LogP contribution in [0.5, 0.6) is 0 Å². The van der Waals surface area contributed by atoms with Crippen LogP contribution in [0.25, 0.3) is 11.0 Å². The molecule has 3 nitrogen and oxygen atoms in total. The number of rotatable bonds is 0. The third-order valence-corrected chi connectivity index (χ3v) is 1.26. The van der Waals surface area contributed by atoms with Crippen LogP contribution in [0.2, 0.25) is 0 Å². The molecular weight excluding hydrogens is 186 g/mol. The molecule has 2 aromatic rings. The van der Waals surface area contributed by atoms with Gasteiger partial charge in [-0.05, 0) is 24.4 Å². The third-order valence-electron chi connectivity index (χ3n) is 1.26. The van der Waals surface area contributed by atoms with Crippen molar-refractivity contribution in [2.75, 3.05) is 0 Å². The van der Waals surface area contributed by atoms with Crippen LogP contribution in [0.1, 0.15) is 6.92 Å². The predicted molar refractivity (Wildman–Crippen MR) is 54.9 cm³/mol. The fraction of sp³-hybridized carbons (Fsp3) is 0.111. The van der Waals surface area contributed by atoms with Gasteiger partial charge in [0.05, 0.1) is 6.20 Å². The van der Waals surface area contributed by atoms with Crippen LogP contribution in [0.15, 0.2) is 35.0 Å². The topological polar surface area (TPSA) is 46.3 Å². The van der Waals surface area contributed by atoms with Crippen LogP contribution in [-0.4, -0.2) is 15.3 Å². The van der Waals surface area contributed by atoms with E-state index in [-0.39, 0.29) is 5.05 Å². The average Bonchev–Trinajstić information content (AvgIpc) is 2.49. The maximum absolute atomic E-state index is 7.79. The number of para-hydroxylation sites is 1. The molecule has 0 unspecified atom stereocenters. The summed E-state index contributed by atoms with van der Waals surface area (Å²) < 4.78 is 4.87. The number of aliphatic hydroxyl groups excluding tert-OH is 1. The Morgan fingerprint density at radius 3 is 2.69 bits per heavy atom. The van der Waals surface area contributed by atoms with Crippen LogP contribution in [-0.2, 0) is 0 Å². The van der Waals surface area contributed by atoms with E-state index in [1.807, 2.05) is 24.3 Å². The van der Waals surface area contributed by atoms with Gasteiger partial charge in [-0.3, -0.25) is 0 Å². The lowest BCUT2D eigenvalue weighted by Crippen LogP contribution is -1.72. The van der Waals surface area contributed by atoms with Crippen molar-refractivity contribution in [3.8, 4) is 0 Å². The van der Waals surface area contributed by atoms with Crippen molar-refractivity contribution < 1.29 is 9.63 Å². The lowest BCUT2D eigenvalue weighted by atomic mass is 10.3. The Morgan fingerprint density at radius 1 is 1.46 bits per heavy atom. The molecule has 0 aliphatic heterocycles. The predicted octanol–water partition coefficient (Wildman–Crippen LogP) is 2.72. The van der Waals surface area contributed by atoms with E-state index in [1.165, 1.54) is 6.92 Å². The van der Waals surface area contributed by atoms with E-state index in [9.17, 15) is 0 Å². The highest BCUT2D eigenvalue weighted by molar-refractivity contribution is 7.79. The van der Waals surface area contributed by atoms with Crippen molar-refractivity contribution in [1.82, 2.24) is 5.16 Å². The SMILES string of the molecule is CC(O)=S.c1ccc2oncc2c1. The molecule has 1 aromatic heterocycles. The van der Waals surface area contributed by atoms with E-state index in [0.29, 0.717) is 0 Å². The zero-order valence-electron chi connectivity index (χ0n) is 7.10. The highest BCUT2D eigenvalue weighted by atomic mass is 32.1. The fourth-order valence-corrected chi connectivity index (χ4v) is 0.810. The van der Waals surface area contributed by atoms with Crippen LogP contribution < -0.4 is 0 Å². The van der Waals surface area contributed by atoms with E-state index in [2.05, 4.69) is 17.4 Å². The van der Waals surface area contributed by atoms with Crippen molar-refractivity contribution in [2.45, 2.75) is 6.92 Å². The minimum absolute atomic E-state index is 0.000000000000000222. The van der Waals surface area contributed by atoms with Gasteiger partial charge in [0.1, 0.15) is 0 Å². The molecule has 0 amide bonds. The summed E-state index contributed by atoms with van der Waals surface area (Å²) >= 11 is 4.09. The largest absolute Gasteiger partial charge is 0.502 e. The smallest absolute Gasteiger partial charge is 0.166 e. The first-order valence-corrected chi connectivity index (χ1v) is 4.10. The van der Waals surface area contributed by atoms with Crippen molar-refractivity contribution in [2.24, 2.45) is 0 Å². The summed E-state index contributed by atoms with van der Waals surface area (Å²) in [5.74, 6) is 0. The van der Waals surface area contributed by atoms with Crippen molar-refractivity contribution in [3.05, 3.63) is 30.5 Å². The van der Waals surface area contributed by atoms with Gasteiger partial charge in [-0.15, -0.1) is 0 Å². The Morgan fingerprint density at radius 2 is 2.08 bits per heavy atom. The van der Waals surface area contributed by atoms with Gasteiger partial charge in [0.25, 0.3) is 0 Å². The molecule has 0 fully saturated rings. The number of benzene rings is 1. The lowest BCUT2D eigenvalue weighted by molar-refractivity contribution is 0.456. The molecule has 0 aliphatic rings. The van der Waals surface area contributed by atoms with Crippen LogP contribution in [0.4, 0.5) is 0 Å². The van der Waals surface area contributed by atoms with Gasteiger partial charge < -0.3 is 9.63 Å². The number of thiocarbonyl (C=S) groups is 1. The highest BCUT2D eigenvalue weighted by Gasteiger charge is 1.91. The van der Waals surface area contributed by atoms with Gasteiger partial charge in [-0.1, -0.05) is 17.3 Å². The lowest BCUT2D eigenvalue weighted by Gasteiger charge is -1.78. The molecule has 0 bridgehead atoms.